The summed E-state index contributed by atoms with van der Waals surface area (Å²) in [5, 5.41) is 8.39. The highest BCUT2D eigenvalue weighted by molar-refractivity contribution is 7.99. The molecule has 0 radical (unpaired) electrons. The van der Waals surface area contributed by atoms with Gasteiger partial charge < -0.3 is 10.7 Å². The Morgan fingerprint density at radius 3 is 2.89 bits per heavy atom. The number of nitrogens with zero attached hydrogens (tertiary/aromatic N) is 1. The second kappa shape index (κ2) is 5.46. The van der Waals surface area contributed by atoms with Crippen molar-refractivity contribution in [1.29, 1.82) is 5.41 Å². The SMILES string of the molecule is Cc1cc(=O)[nH]c(Sc2cccc(Cl)c2C(=N)N)n1. The van der Waals surface area contributed by atoms with Gasteiger partial charge >= 0.3 is 0 Å². The average Bonchev–Trinajstić information content (AvgIpc) is 2.26. The van der Waals surface area contributed by atoms with Crippen molar-refractivity contribution in [2.75, 3.05) is 0 Å². The number of nitrogen functional groups attached to an aromatic ring is 1. The summed E-state index contributed by atoms with van der Waals surface area (Å²) in [5.74, 6) is -0.122. The normalized spacial score (nSPS) is 10.4. The van der Waals surface area contributed by atoms with E-state index in [4.69, 9.17) is 22.7 Å². The molecule has 2 aromatic rings. The first-order valence-corrected chi connectivity index (χ1v) is 6.55. The van der Waals surface area contributed by atoms with Crippen molar-refractivity contribution < 1.29 is 0 Å². The van der Waals surface area contributed by atoms with Gasteiger partial charge in [0.25, 0.3) is 5.56 Å². The molecule has 19 heavy (non-hydrogen) atoms. The maximum Gasteiger partial charge on any atom is 0.251 e. The van der Waals surface area contributed by atoms with E-state index in [0.717, 1.165) is 0 Å². The van der Waals surface area contributed by atoms with Crippen LogP contribution < -0.4 is 11.3 Å². The zero-order valence-electron chi connectivity index (χ0n) is 10.0. The Kier molecular flexibility index (Phi) is 3.92. The summed E-state index contributed by atoms with van der Waals surface area (Å²) in [7, 11) is 0. The van der Waals surface area contributed by atoms with Crippen molar-refractivity contribution >= 4 is 29.2 Å². The summed E-state index contributed by atoms with van der Waals surface area (Å²) < 4.78 is 0. The predicted molar refractivity (Wildman–Crippen MR) is 76.2 cm³/mol. The van der Waals surface area contributed by atoms with Crippen LogP contribution in [-0.2, 0) is 0 Å². The minimum Gasteiger partial charge on any atom is -0.384 e. The Balaban J connectivity index is 2.46. The van der Waals surface area contributed by atoms with Gasteiger partial charge in [-0.1, -0.05) is 29.4 Å². The van der Waals surface area contributed by atoms with Gasteiger partial charge in [-0.15, -0.1) is 0 Å². The lowest BCUT2D eigenvalue weighted by Crippen LogP contribution is -2.13. The molecule has 0 aliphatic heterocycles. The van der Waals surface area contributed by atoms with Crippen LogP contribution in [0.15, 0.2) is 39.1 Å². The van der Waals surface area contributed by atoms with E-state index in [1.807, 2.05) is 0 Å². The van der Waals surface area contributed by atoms with Crippen LogP contribution in [0.4, 0.5) is 0 Å². The van der Waals surface area contributed by atoms with Gasteiger partial charge in [-0.05, 0) is 19.1 Å². The second-order valence-electron chi connectivity index (χ2n) is 3.82. The number of amidine groups is 1. The monoisotopic (exact) mass is 294 g/mol. The number of aryl methyl sites for hydroxylation is 1. The van der Waals surface area contributed by atoms with Gasteiger partial charge in [0.05, 0.1) is 5.02 Å². The Hall–Kier alpha value is -1.79. The van der Waals surface area contributed by atoms with Crippen molar-refractivity contribution in [1.82, 2.24) is 9.97 Å². The van der Waals surface area contributed by atoms with Crippen LogP contribution in [0.25, 0.3) is 0 Å². The van der Waals surface area contributed by atoms with Gasteiger partial charge in [0, 0.05) is 22.2 Å². The van der Waals surface area contributed by atoms with Crippen molar-refractivity contribution in [3.63, 3.8) is 0 Å². The topological polar surface area (TPSA) is 95.6 Å². The van der Waals surface area contributed by atoms with Crippen molar-refractivity contribution in [2.24, 2.45) is 5.73 Å². The number of hydrogen-bond donors (Lipinski definition) is 3. The van der Waals surface area contributed by atoms with Gasteiger partial charge in [0.1, 0.15) is 5.84 Å². The number of hydrogen-bond acceptors (Lipinski definition) is 4. The molecule has 0 aliphatic carbocycles. The second-order valence-corrected chi connectivity index (χ2v) is 5.26. The molecule has 0 saturated carbocycles. The summed E-state index contributed by atoms with van der Waals surface area (Å²) in [6.45, 7) is 1.74. The van der Waals surface area contributed by atoms with Gasteiger partial charge in [0.2, 0.25) is 0 Å². The molecule has 1 aromatic heterocycles. The Labute approximate surface area is 118 Å². The summed E-state index contributed by atoms with van der Waals surface area (Å²) in [4.78, 5) is 18.9. The van der Waals surface area contributed by atoms with Gasteiger partial charge in [-0.2, -0.15) is 0 Å². The van der Waals surface area contributed by atoms with E-state index in [0.29, 0.717) is 26.3 Å². The average molecular weight is 295 g/mol. The molecule has 1 heterocycles. The number of rotatable bonds is 3. The van der Waals surface area contributed by atoms with Crippen LogP contribution in [0.3, 0.4) is 0 Å². The van der Waals surface area contributed by atoms with E-state index < -0.39 is 0 Å². The highest BCUT2D eigenvalue weighted by atomic mass is 35.5. The van der Waals surface area contributed by atoms with Crippen LogP contribution in [0.1, 0.15) is 11.3 Å². The first-order chi connectivity index (χ1) is 8.97. The van der Waals surface area contributed by atoms with Crippen molar-refractivity contribution in [3.05, 3.63) is 50.9 Å². The summed E-state index contributed by atoms with van der Waals surface area (Å²) in [6.07, 6.45) is 0. The Bertz CT molecular complexity index is 698. The number of nitrogens with two attached hydrogens (primary N) is 1. The standard InChI is InChI=1S/C12H11ClN4OS/c1-6-5-9(18)17-12(16-6)19-8-4-2-3-7(13)10(8)11(14)15/h2-5H,1H3,(H3,14,15)(H,16,17,18). The molecule has 2 rings (SSSR count). The minimum atomic E-state index is -0.221. The molecule has 1 aromatic carbocycles. The number of nitrogens with one attached hydrogen (secondary N) is 2. The van der Waals surface area contributed by atoms with Gasteiger partial charge in [0.15, 0.2) is 5.16 Å². The van der Waals surface area contributed by atoms with Crippen LogP contribution in [-0.4, -0.2) is 15.8 Å². The number of benzene rings is 1. The van der Waals surface area contributed by atoms with Gasteiger partial charge in [-0.25, -0.2) is 4.98 Å². The molecular weight excluding hydrogens is 284 g/mol. The van der Waals surface area contributed by atoms with E-state index in [1.54, 1.807) is 25.1 Å². The fraction of sp³-hybridized carbons (Fsp3) is 0.0833. The summed E-state index contributed by atoms with van der Waals surface area (Å²) >= 11 is 7.24. The highest BCUT2D eigenvalue weighted by Gasteiger charge is 2.12. The largest absolute Gasteiger partial charge is 0.384 e. The molecule has 98 valence electrons. The highest BCUT2D eigenvalue weighted by Crippen LogP contribution is 2.31. The molecule has 4 N–H and O–H groups in total. The first-order valence-electron chi connectivity index (χ1n) is 5.36. The van der Waals surface area contributed by atoms with E-state index in [1.165, 1.54) is 17.8 Å². The maximum atomic E-state index is 11.4. The van der Waals surface area contributed by atoms with E-state index in [9.17, 15) is 4.79 Å². The molecule has 0 amide bonds. The number of aromatic nitrogens is 2. The van der Waals surface area contributed by atoms with Crippen LogP contribution in [0.5, 0.6) is 0 Å². The van der Waals surface area contributed by atoms with Gasteiger partial charge in [-0.3, -0.25) is 10.2 Å². The summed E-state index contributed by atoms with van der Waals surface area (Å²) in [6, 6.07) is 6.60. The number of H-pyrrole nitrogens is 1. The molecule has 5 nitrogen and oxygen atoms in total. The zero-order valence-corrected chi connectivity index (χ0v) is 11.6. The zero-order chi connectivity index (χ0) is 14.0. The number of halogens is 1. The lowest BCUT2D eigenvalue weighted by molar-refractivity contribution is 0.905. The lowest BCUT2D eigenvalue weighted by Gasteiger charge is -2.09. The van der Waals surface area contributed by atoms with Crippen molar-refractivity contribution in [3.8, 4) is 0 Å². The molecule has 0 atom stereocenters. The van der Waals surface area contributed by atoms with Crippen LogP contribution in [0.2, 0.25) is 5.02 Å². The fourth-order valence-corrected chi connectivity index (χ4v) is 2.91. The molecular formula is C12H11ClN4OS. The molecule has 0 saturated heterocycles. The van der Waals surface area contributed by atoms with E-state index in [-0.39, 0.29) is 11.4 Å². The van der Waals surface area contributed by atoms with Crippen LogP contribution >= 0.6 is 23.4 Å². The maximum absolute atomic E-state index is 11.4. The first kappa shape index (κ1) is 13.6. The predicted octanol–water partition coefficient (Wildman–Crippen LogP) is 2.17. The fourth-order valence-electron chi connectivity index (χ4n) is 1.55. The molecule has 7 heteroatoms. The molecule has 0 fully saturated rings. The lowest BCUT2D eigenvalue weighted by atomic mass is 10.2. The Morgan fingerprint density at radius 1 is 1.53 bits per heavy atom. The Morgan fingerprint density at radius 2 is 2.26 bits per heavy atom. The molecule has 0 aliphatic rings. The molecule has 0 bridgehead atoms. The van der Waals surface area contributed by atoms with E-state index >= 15 is 0 Å². The smallest absolute Gasteiger partial charge is 0.251 e. The summed E-state index contributed by atoms with van der Waals surface area (Å²) in [5.41, 5.74) is 6.37. The third-order valence-electron chi connectivity index (χ3n) is 2.30. The quantitative estimate of drug-likeness (QED) is 0.459. The number of aromatic amines is 1. The molecule has 0 spiro atoms. The van der Waals surface area contributed by atoms with Crippen LogP contribution in [0, 0.1) is 12.3 Å². The molecule has 0 unspecified atom stereocenters. The van der Waals surface area contributed by atoms with E-state index in [2.05, 4.69) is 9.97 Å². The third kappa shape index (κ3) is 3.15. The van der Waals surface area contributed by atoms with Crippen molar-refractivity contribution in [2.45, 2.75) is 17.0 Å². The third-order valence-corrected chi connectivity index (χ3v) is 3.56. The minimum absolute atomic E-state index is 0.122.